The summed E-state index contributed by atoms with van der Waals surface area (Å²) in [5.41, 5.74) is 4.61. The van der Waals surface area contributed by atoms with Crippen molar-refractivity contribution in [3.63, 3.8) is 0 Å². The van der Waals surface area contributed by atoms with Gasteiger partial charge in [-0.3, -0.25) is 4.79 Å². The molecule has 1 aliphatic rings. The molecule has 0 aliphatic heterocycles. The summed E-state index contributed by atoms with van der Waals surface area (Å²) in [5, 5.41) is 0. The maximum atomic E-state index is 11.6. The normalized spacial score (nSPS) is 17.7. The minimum Gasteiger partial charge on any atom is -0.542 e. The number of benzene rings is 1. The fourth-order valence-corrected chi connectivity index (χ4v) is 10.3. The second-order valence-corrected chi connectivity index (χ2v) is 13.8. The highest BCUT2D eigenvalue weighted by molar-refractivity contribution is 6.78. The predicted molar refractivity (Wildman–Crippen MR) is 111 cm³/mol. The van der Waals surface area contributed by atoms with Gasteiger partial charge < -0.3 is 9.16 Å². The lowest BCUT2D eigenvalue weighted by molar-refractivity contribution is 0.0486. The van der Waals surface area contributed by atoms with Crippen molar-refractivity contribution in [2.75, 3.05) is 6.61 Å². The Morgan fingerprint density at radius 1 is 1.12 bits per heavy atom. The first kappa shape index (κ1) is 21.2. The molecule has 0 heterocycles. The summed E-state index contributed by atoms with van der Waals surface area (Å²) in [6.45, 7) is 16.5. The van der Waals surface area contributed by atoms with Crippen molar-refractivity contribution in [2.45, 2.75) is 90.5 Å². The van der Waals surface area contributed by atoms with Crippen LogP contribution >= 0.6 is 0 Å². The Balaban J connectivity index is 2.60. The molecule has 1 atom stereocenters. The smallest absolute Gasteiger partial charge is 0.258 e. The molecule has 26 heavy (non-hydrogen) atoms. The highest BCUT2D eigenvalue weighted by atomic mass is 28.4. The molecule has 3 nitrogen and oxygen atoms in total. The standard InChI is InChI=1S/C22H36O3Si/c1-8-24-20-11-9-10-19-18(14-23)12-13-21(22(19)20)25-26(15(2)3,16(4)5)17(6)7/h12-17,20H,8-11H2,1-7H3. The van der Waals surface area contributed by atoms with Crippen molar-refractivity contribution >= 4 is 14.6 Å². The van der Waals surface area contributed by atoms with Crippen LogP contribution in [0.4, 0.5) is 0 Å². The van der Waals surface area contributed by atoms with E-state index in [4.69, 9.17) is 9.16 Å². The minimum absolute atomic E-state index is 0.0387. The largest absolute Gasteiger partial charge is 0.542 e. The number of carbonyl (C=O) groups excluding carboxylic acids is 1. The second-order valence-electron chi connectivity index (χ2n) is 8.42. The van der Waals surface area contributed by atoms with Crippen molar-refractivity contribution in [2.24, 2.45) is 0 Å². The van der Waals surface area contributed by atoms with Gasteiger partial charge in [0.1, 0.15) is 12.0 Å². The lowest BCUT2D eigenvalue weighted by Gasteiger charge is -2.43. The number of hydrogen-bond donors (Lipinski definition) is 0. The van der Waals surface area contributed by atoms with Crippen molar-refractivity contribution in [1.29, 1.82) is 0 Å². The molecule has 4 heteroatoms. The second kappa shape index (κ2) is 8.70. The van der Waals surface area contributed by atoms with Gasteiger partial charge in [-0.25, -0.2) is 0 Å². The average molecular weight is 377 g/mol. The SMILES string of the molecule is CCOC1CCCc2c(C=O)ccc(O[Si](C(C)C)(C(C)C)C(C)C)c21. The van der Waals surface area contributed by atoms with Crippen LogP contribution in [-0.4, -0.2) is 21.2 Å². The Labute approximate surface area is 160 Å². The molecule has 0 bridgehead atoms. The van der Waals surface area contributed by atoms with E-state index < -0.39 is 8.32 Å². The molecule has 1 aromatic carbocycles. The van der Waals surface area contributed by atoms with Crippen molar-refractivity contribution in [3.05, 3.63) is 28.8 Å². The summed E-state index contributed by atoms with van der Waals surface area (Å²) in [6, 6.07) is 3.96. The highest BCUT2D eigenvalue weighted by Gasteiger charge is 2.47. The number of carbonyl (C=O) groups is 1. The van der Waals surface area contributed by atoms with Crippen molar-refractivity contribution in [3.8, 4) is 5.75 Å². The van der Waals surface area contributed by atoms with E-state index in [9.17, 15) is 4.79 Å². The lowest BCUT2D eigenvalue weighted by Crippen LogP contribution is -2.51. The third-order valence-corrected chi connectivity index (χ3v) is 12.0. The van der Waals surface area contributed by atoms with E-state index in [2.05, 4.69) is 41.5 Å². The van der Waals surface area contributed by atoms with Gasteiger partial charge in [0.2, 0.25) is 0 Å². The molecule has 0 fully saturated rings. The van der Waals surface area contributed by atoms with Gasteiger partial charge in [0, 0.05) is 17.7 Å². The van der Waals surface area contributed by atoms with E-state index in [1.54, 1.807) is 0 Å². The number of rotatable bonds is 8. The zero-order chi connectivity index (χ0) is 19.5. The van der Waals surface area contributed by atoms with Crippen LogP contribution < -0.4 is 4.43 Å². The topological polar surface area (TPSA) is 35.5 Å². The molecular formula is C22H36O3Si. The molecule has 0 spiro atoms. The third kappa shape index (κ3) is 3.77. The zero-order valence-electron chi connectivity index (χ0n) is 17.6. The quantitative estimate of drug-likeness (QED) is 0.385. The Morgan fingerprint density at radius 3 is 2.23 bits per heavy atom. The van der Waals surface area contributed by atoms with Crippen molar-refractivity contribution in [1.82, 2.24) is 0 Å². The molecule has 0 aromatic heterocycles. The Bertz CT molecular complexity index is 600. The zero-order valence-corrected chi connectivity index (χ0v) is 18.6. The summed E-state index contributed by atoms with van der Waals surface area (Å²) < 4.78 is 13.1. The van der Waals surface area contributed by atoms with Crippen LogP contribution in [0.25, 0.3) is 0 Å². The van der Waals surface area contributed by atoms with Crippen LogP contribution in [0.15, 0.2) is 12.1 Å². The van der Waals surface area contributed by atoms with Crippen LogP contribution in [0, 0.1) is 0 Å². The van der Waals surface area contributed by atoms with Gasteiger partial charge in [-0.1, -0.05) is 41.5 Å². The molecule has 146 valence electrons. The maximum absolute atomic E-state index is 11.6. The van der Waals surface area contributed by atoms with E-state index in [1.165, 1.54) is 0 Å². The summed E-state index contributed by atoms with van der Waals surface area (Å²) >= 11 is 0. The summed E-state index contributed by atoms with van der Waals surface area (Å²) in [5.74, 6) is 0.964. The van der Waals surface area contributed by atoms with Gasteiger partial charge in [-0.15, -0.1) is 0 Å². The molecule has 0 saturated carbocycles. The Kier molecular flexibility index (Phi) is 7.09. The average Bonchev–Trinajstić information content (AvgIpc) is 2.58. The van der Waals surface area contributed by atoms with E-state index in [0.717, 1.165) is 48.0 Å². The van der Waals surface area contributed by atoms with Gasteiger partial charge >= 0.3 is 0 Å². The fraction of sp³-hybridized carbons (Fsp3) is 0.682. The molecule has 0 saturated heterocycles. The third-order valence-electron chi connectivity index (χ3n) is 6.06. The first-order chi connectivity index (χ1) is 12.3. The Morgan fingerprint density at radius 2 is 1.73 bits per heavy atom. The van der Waals surface area contributed by atoms with E-state index in [1.807, 2.05) is 19.1 Å². The molecule has 0 radical (unpaired) electrons. The fourth-order valence-electron chi connectivity index (χ4n) is 5.01. The van der Waals surface area contributed by atoms with Crippen LogP contribution in [0.2, 0.25) is 16.6 Å². The van der Waals surface area contributed by atoms with Crippen LogP contribution in [0.3, 0.4) is 0 Å². The van der Waals surface area contributed by atoms with Crippen LogP contribution in [0.1, 0.15) is 88.9 Å². The van der Waals surface area contributed by atoms with E-state index >= 15 is 0 Å². The summed E-state index contributed by atoms with van der Waals surface area (Å²) in [7, 11) is -2.05. The van der Waals surface area contributed by atoms with Crippen LogP contribution in [0.5, 0.6) is 5.75 Å². The molecule has 2 rings (SSSR count). The maximum Gasteiger partial charge on any atom is 0.258 e. The van der Waals surface area contributed by atoms with Crippen LogP contribution in [-0.2, 0) is 11.2 Å². The molecule has 1 aromatic rings. The number of ether oxygens (including phenoxy) is 1. The molecule has 1 unspecified atom stereocenters. The monoisotopic (exact) mass is 376 g/mol. The van der Waals surface area contributed by atoms with Gasteiger partial charge in [-0.2, -0.15) is 0 Å². The molecule has 0 N–H and O–H groups in total. The molecule has 0 amide bonds. The Hall–Kier alpha value is -1.13. The van der Waals surface area contributed by atoms with E-state index in [-0.39, 0.29) is 6.10 Å². The van der Waals surface area contributed by atoms with Crippen molar-refractivity contribution < 1.29 is 14.0 Å². The summed E-state index contributed by atoms with van der Waals surface area (Å²) in [4.78, 5) is 11.6. The first-order valence-electron chi connectivity index (χ1n) is 10.2. The number of hydrogen-bond acceptors (Lipinski definition) is 3. The summed E-state index contributed by atoms with van der Waals surface area (Å²) in [6.07, 6.45) is 4.01. The van der Waals surface area contributed by atoms with E-state index in [0.29, 0.717) is 23.2 Å². The molecular weight excluding hydrogens is 340 g/mol. The predicted octanol–water partition coefficient (Wildman–Crippen LogP) is 6.47. The van der Waals surface area contributed by atoms with Gasteiger partial charge in [0.25, 0.3) is 8.32 Å². The lowest BCUT2D eigenvalue weighted by atomic mass is 9.86. The molecule has 1 aliphatic carbocycles. The number of aldehydes is 1. The highest BCUT2D eigenvalue weighted by Crippen LogP contribution is 2.47. The first-order valence-corrected chi connectivity index (χ1v) is 12.3. The van der Waals surface area contributed by atoms with Gasteiger partial charge in [0.15, 0.2) is 0 Å². The minimum atomic E-state index is -2.05. The number of fused-ring (bicyclic) bond motifs is 1. The van der Waals surface area contributed by atoms with Gasteiger partial charge in [-0.05, 0) is 60.5 Å². The van der Waals surface area contributed by atoms with Gasteiger partial charge in [0.05, 0.1) is 6.10 Å².